The summed E-state index contributed by atoms with van der Waals surface area (Å²) < 4.78 is 6.95. The van der Waals surface area contributed by atoms with Crippen molar-refractivity contribution in [2.45, 2.75) is 20.4 Å². The first-order chi connectivity index (χ1) is 7.20. The van der Waals surface area contributed by atoms with Crippen molar-refractivity contribution in [1.82, 2.24) is 9.55 Å². The summed E-state index contributed by atoms with van der Waals surface area (Å²) in [6.45, 7) is 5.45. The van der Waals surface area contributed by atoms with Gasteiger partial charge in [-0.3, -0.25) is 4.79 Å². The molecule has 1 unspecified atom stereocenters. The van der Waals surface area contributed by atoms with Gasteiger partial charge in [-0.15, -0.1) is 0 Å². The second kappa shape index (κ2) is 3.92. The molecule has 0 amide bonds. The standard InChI is InChI=1S/C10H15N3O2/c1-3-15-9(14)8-4-11-10-12-7(2)5-13(10)6-8/h5,8H,3-4,6H2,1-2H3,(H,11,12). The highest BCUT2D eigenvalue weighted by Gasteiger charge is 2.25. The summed E-state index contributed by atoms with van der Waals surface area (Å²) in [6, 6.07) is 0. The maximum absolute atomic E-state index is 11.5. The average molecular weight is 209 g/mol. The monoisotopic (exact) mass is 209 g/mol. The number of aryl methyl sites for hydroxylation is 1. The van der Waals surface area contributed by atoms with Crippen LogP contribution in [-0.4, -0.2) is 28.7 Å². The van der Waals surface area contributed by atoms with E-state index in [4.69, 9.17) is 4.74 Å². The Bertz CT molecular complexity index is 373. The molecule has 0 bridgehead atoms. The minimum Gasteiger partial charge on any atom is -0.466 e. The molecular formula is C10H15N3O2. The van der Waals surface area contributed by atoms with E-state index in [0.29, 0.717) is 19.7 Å². The molecule has 1 N–H and O–H groups in total. The molecule has 0 spiro atoms. The van der Waals surface area contributed by atoms with E-state index in [1.165, 1.54) is 0 Å². The summed E-state index contributed by atoms with van der Waals surface area (Å²) in [6.07, 6.45) is 1.94. The van der Waals surface area contributed by atoms with Crippen molar-refractivity contribution in [3.8, 4) is 0 Å². The van der Waals surface area contributed by atoms with Crippen LogP contribution in [0.3, 0.4) is 0 Å². The van der Waals surface area contributed by atoms with Gasteiger partial charge in [0.25, 0.3) is 0 Å². The van der Waals surface area contributed by atoms with E-state index in [9.17, 15) is 4.79 Å². The lowest BCUT2D eigenvalue weighted by Crippen LogP contribution is -2.34. The predicted octanol–water partition coefficient (Wildman–Crippen LogP) is 0.796. The number of carbonyl (C=O) groups excluding carboxylic acids is 1. The minimum atomic E-state index is -0.137. The lowest BCUT2D eigenvalue weighted by Gasteiger charge is -2.23. The van der Waals surface area contributed by atoms with E-state index in [2.05, 4.69) is 10.3 Å². The van der Waals surface area contributed by atoms with E-state index in [-0.39, 0.29) is 11.9 Å². The Hall–Kier alpha value is -1.52. The first kappa shape index (κ1) is 10.0. The van der Waals surface area contributed by atoms with Crippen molar-refractivity contribution in [3.05, 3.63) is 11.9 Å². The van der Waals surface area contributed by atoms with E-state index in [0.717, 1.165) is 11.6 Å². The molecule has 2 rings (SSSR count). The van der Waals surface area contributed by atoms with Gasteiger partial charge in [-0.2, -0.15) is 0 Å². The number of nitrogens with one attached hydrogen (secondary N) is 1. The molecule has 82 valence electrons. The third-order valence-electron chi connectivity index (χ3n) is 2.44. The molecule has 0 saturated carbocycles. The number of ether oxygens (including phenoxy) is 1. The van der Waals surface area contributed by atoms with Gasteiger partial charge in [-0.05, 0) is 13.8 Å². The van der Waals surface area contributed by atoms with Crippen LogP contribution in [0.15, 0.2) is 6.20 Å². The number of fused-ring (bicyclic) bond motifs is 1. The van der Waals surface area contributed by atoms with Crippen molar-refractivity contribution in [3.63, 3.8) is 0 Å². The molecule has 0 aliphatic carbocycles. The molecule has 5 nitrogen and oxygen atoms in total. The maximum atomic E-state index is 11.5. The van der Waals surface area contributed by atoms with Crippen LogP contribution in [0.1, 0.15) is 12.6 Å². The lowest BCUT2D eigenvalue weighted by molar-refractivity contribution is -0.148. The Balaban J connectivity index is 2.08. The van der Waals surface area contributed by atoms with Crippen molar-refractivity contribution < 1.29 is 9.53 Å². The zero-order valence-corrected chi connectivity index (χ0v) is 8.99. The molecule has 15 heavy (non-hydrogen) atoms. The van der Waals surface area contributed by atoms with Crippen LogP contribution in [0.4, 0.5) is 5.95 Å². The number of nitrogens with zero attached hydrogens (tertiary/aromatic N) is 2. The molecule has 0 radical (unpaired) electrons. The fourth-order valence-corrected chi connectivity index (χ4v) is 1.76. The highest BCUT2D eigenvalue weighted by molar-refractivity contribution is 5.73. The van der Waals surface area contributed by atoms with Gasteiger partial charge in [-0.1, -0.05) is 0 Å². The summed E-state index contributed by atoms with van der Waals surface area (Å²) in [7, 11) is 0. The molecule has 5 heteroatoms. The Morgan fingerprint density at radius 1 is 1.80 bits per heavy atom. The summed E-state index contributed by atoms with van der Waals surface area (Å²) in [5.74, 6) is 0.598. The van der Waals surface area contributed by atoms with Crippen LogP contribution in [0.2, 0.25) is 0 Å². The van der Waals surface area contributed by atoms with Gasteiger partial charge in [0.05, 0.1) is 18.2 Å². The Morgan fingerprint density at radius 3 is 3.33 bits per heavy atom. The average Bonchev–Trinajstić information content (AvgIpc) is 2.57. The van der Waals surface area contributed by atoms with Crippen molar-refractivity contribution >= 4 is 11.9 Å². The van der Waals surface area contributed by atoms with Crippen LogP contribution in [0.5, 0.6) is 0 Å². The topological polar surface area (TPSA) is 56.1 Å². The van der Waals surface area contributed by atoms with Crippen molar-refractivity contribution in [2.24, 2.45) is 5.92 Å². The van der Waals surface area contributed by atoms with Gasteiger partial charge in [0.2, 0.25) is 5.95 Å². The van der Waals surface area contributed by atoms with Crippen LogP contribution in [0, 0.1) is 12.8 Å². The fourth-order valence-electron chi connectivity index (χ4n) is 1.76. The van der Waals surface area contributed by atoms with E-state index in [1.807, 2.05) is 24.6 Å². The minimum absolute atomic E-state index is 0.106. The third kappa shape index (κ3) is 1.95. The molecule has 1 aliphatic rings. The van der Waals surface area contributed by atoms with Gasteiger partial charge < -0.3 is 14.6 Å². The first-order valence-corrected chi connectivity index (χ1v) is 5.15. The van der Waals surface area contributed by atoms with Crippen LogP contribution in [-0.2, 0) is 16.1 Å². The molecule has 1 aromatic heterocycles. The van der Waals surface area contributed by atoms with Crippen LogP contribution in [0.25, 0.3) is 0 Å². The SMILES string of the molecule is CCOC(=O)C1CNc2nc(C)cn2C1. The number of anilines is 1. The van der Waals surface area contributed by atoms with Gasteiger partial charge >= 0.3 is 5.97 Å². The van der Waals surface area contributed by atoms with Crippen LogP contribution < -0.4 is 5.32 Å². The number of hydrogen-bond acceptors (Lipinski definition) is 4. The number of esters is 1. The number of imidazole rings is 1. The summed E-state index contributed by atoms with van der Waals surface area (Å²) in [5, 5.41) is 3.12. The molecule has 1 atom stereocenters. The van der Waals surface area contributed by atoms with Crippen LogP contribution >= 0.6 is 0 Å². The largest absolute Gasteiger partial charge is 0.466 e. The maximum Gasteiger partial charge on any atom is 0.312 e. The number of carbonyl (C=O) groups is 1. The fraction of sp³-hybridized carbons (Fsp3) is 0.600. The van der Waals surface area contributed by atoms with E-state index in [1.54, 1.807) is 0 Å². The Labute approximate surface area is 88.4 Å². The summed E-state index contributed by atoms with van der Waals surface area (Å²) >= 11 is 0. The van der Waals surface area contributed by atoms with Gasteiger partial charge in [0, 0.05) is 19.3 Å². The normalized spacial score (nSPS) is 19.2. The molecule has 0 aromatic carbocycles. The predicted molar refractivity (Wildman–Crippen MR) is 55.6 cm³/mol. The molecule has 0 saturated heterocycles. The second-order valence-corrected chi connectivity index (χ2v) is 3.69. The zero-order chi connectivity index (χ0) is 10.8. The highest BCUT2D eigenvalue weighted by Crippen LogP contribution is 2.18. The molecule has 2 heterocycles. The van der Waals surface area contributed by atoms with Crippen molar-refractivity contribution in [2.75, 3.05) is 18.5 Å². The summed E-state index contributed by atoms with van der Waals surface area (Å²) in [4.78, 5) is 15.8. The van der Waals surface area contributed by atoms with E-state index >= 15 is 0 Å². The number of aromatic nitrogens is 2. The van der Waals surface area contributed by atoms with E-state index < -0.39 is 0 Å². The zero-order valence-electron chi connectivity index (χ0n) is 8.99. The smallest absolute Gasteiger partial charge is 0.312 e. The first-order valence-electron chi connectivity index (χ1n) is 5.15. The quantitative estimate of drug-likeness (QED) is 0.732. The Kier molecular flexibility index (Phi) is 2.62. The summed E-state index contributed by atoms with van der Waals surface area (Å²) in [5.41, 5.74) is 0.960. The van der Waals surface area contributed by atoms with Gasteiger partial charge in [-0.25, -0.2) is 4.98 Å². The number of hydrogen-bond donors (Lipinski definition) is 1. The molecule has 0 fully saturated rings. The highest BCUT2D eigenvalue weighted by atomic mass is 16.5. The molecule has 1 aliphatic heterocycles. The number of rotatable bonds is 2. The lowest BCUT2D eigenvalue weighted by atomic mass is 10.1. The second-order valence-electron chi connectivity index (χ2n) is 3.69. The van der Waals surface area contributed by atoms with Crippen molar-refractivity contribution in [1.29, 1.82) is 0 Å². The molecule has 1 aromatic rings. The Morgan fingerprint density at radius 2 is 2.60 bits per heavy atom. The van der Waals surface area contributed by atoms with Gasteiger partial charge in [0.15, 0.2) is 0 Å². The van der Waals surface area contributed by atoms with Gasteiger partial charge in [0.1, 0.15) is 0 Å². The third-order valence-corrected chi connectivity index (χ3v) is 2.44. The molecular weight excluding hydrogens is 194 g/mol.